The van der Waals surface area contributed by atoms with Crippen molar-refractivity contribution in [3.05, 3.63) is 65.5 Å². The van der Waals surface area contributed by atoms with Crippen LogP contribution in [0.15, 0.2) is 47.6 Å². The van der Waals surface area contributed by atoms with Crippen LogP contribution < -0.4 is 9.46 Å². The van der Waals surface area contributed by atoms with Gasteiger partial charge in [-0.05, 0) is 65.0 Å². The zero-order valence-corrected chi connectivity index (χ0v) is 19.9. The van der Waals surface area contributed by atoms with Crippen LogP contribution >= 0.6 is 0 Å². The summed E-state index contributed by atoms with van der Waals surface area (Å²) >= 11 is 0. The van der Waals surface area contributed by atoms with Crippen molar-refractivity contribution in [3.8, 4) is 17.4 Å². The molecule has 33 heavy (non-hydrogen) atoms. The van der Waals surface area contributed by atoms with E-state index in [1.807, 2.05) is 26.8 Å². The molecule has 10 nitrogen and oxygen atoms in total. The molecular weight excluding hydrogens is 442 g/mol. The first-order valence-corrected chi connectivity index (χ1v) is 11.9. The molecule has 0 saturated carbocycles. The molecule has 0 aliphatic rings. The van der Waals surface area contributed by atoms with Crippen molar-refractivity contribution in [2.45, 2.75) is 46.1 Å². The Kier molecular flexibility index (Phi) is 5.90. The predicted molar refractivity (Wildman–Crippen MR) is 123 cm³/mol. The molecule has 1 N–H and O–H groups in total. The molecule has 0 unspecified atom stereocenters. The summed E-state index contributed by atoms with van der Waals surface area (Å²) in [5.74, 6) is 1.44. The molecule has 0 aliphatic carbocycles. The second-order valence-electron chi connectivity index (χ2n) is 7.60. The fourth-order valence-corrected chi connectivity index (χ4v) is 5.13. The van der Waals surface area contributed by atoms with Gasteiger partial charge < -0.3 is 4.74 Å². The van der Waals surface area contributed by atoms with Crippen molar-refractivity contribution in [3.63, 3.8) is 0 Å². The molecule has 0 bridgehead atoms. The van der Waals surface area contributed by atoms with E-state index in [4.69, 9.17) is 4.74 Å². The lowest BCUT2D eigenvalue weighted by Crippen LogP contribution is -2.15. The number of ether oxygens (including phenoxy) is 1. The zero-order chi connectivity index (χ0) is 23.8. The fourth-order valence-electron chi connectivity index (χ4n) is 3.66. The van der Waals surface area contributed by atoms with Gasteiger partial charge in [-0.2, -0.15) is 10.2 Å². The maximum atomic E-state index is 12.9. The van der Waals surface area contributed by atoms with Crippen molar-refractivity contribution >= 4 is 15.7 Å². The summed E-state index contributed by atoms with van der Waals surface area (Å²) in [6.07, 6.45) is 1.41. The van der Waals surface area contributed by atoms with Gasteiger partial charge in [0.05, 0.1) is 17.1 Å². The molecule has 0 spiro atoms. The van der Waals surface area contributed by atoms with Gasteiger partial charge in [-0.3, -0.25) is 9.40 Å². The second kappa shape index (κ2) is 8.66. The topological polar surface area (TPSA) is 117 Å². The van der Waals surface area contributed by atoms with Crippen LogP contribution in [0, 0.1) is 27.7 Å². The van der Waals surface area contributed by atoms with Crippen molar-refractivity contribution in [1.82, 2.24) is 29.5 Å². The Morgan fingerprint density at radius 3 is 2.33 bits per heavy atom. The van der Waals surface area contributed by atoms with Crippen LogP contribution in [-0.2, 0) is 16.6 Å². The third-order valence-corrected chi connectivity index (χ3v) is 6.70. The van der Waals surface area contributed by atoms with E-state index in [2.05, 4.69) is 24.9 Å². The van der Waals surface area contributed by atoms with E-state index < -0.39 is 10.0 Å². The molecule has 1 aromatic carbocycles. The van der Waals surface area contributed by atoms with Gasteiger partial charge in [0.1, 0.15) is 17.0 Å². The number of nitrogens with one attached hydrogen (secondary N) is 1. The third-order valence-electron chi connectivity index (χ3n) is 5.07. The molecule has 4 aromatic rings. The number of anilines is 1. The van der Waals surface area contributed by atoms with Crippen molar-refractivity contribution in [2.75, 3.05) is 4.72 Å². The van der Waals surface area contributed by atoms with E-state index in [0.29, 0.717) is 41.1 Å². The van der Waals surface area contributed by atoms with Crippen molar-refractivity contribution in [1.29, 1.82) is 0 Å². The molecule has 0 atom stereocenters. The molecule has 0 aliphatic heterocycles. The van der Waals surface area contributed by atoms with E-state index >= 15 is 0 Å². The number of aryl methyl sites for hydroxylation is 4. The Morgan fingerprint density at radius 2 is 1.73 bits per heavy atom. The number of nitrogens with zero attached hydrogens (tertiary/aromatic N) is 6. The summed E-state index contributed by atoms with van der Waals surface area (Å²) in [6, 6.07) is 10.2. The summed E-state index contributed by atoms with van der Waals surface area (Å²) in [5, 5.41) is 8.71. The van der Waals surface area contributed by atoms with Crippen LogP contribution in [0.5, 0.6) is 11.6 Å². The maximum Gasteiger partial charge on any atom is 0.265 e. The maximum absolute atomic E-state index is 12.9. The third kappa shape index (κ3) is 4.58. The highest BCUT2D eigenvalue weighted by atomic mass is 32.2. The lowest BCUT2D eigenvalue weighted by atomic mass is 10.3. The van der Waals surface area contributed by atoms with E-state index in [0.717, 1.165) is 11.4 Å². The SMILES string of the molecule is CCn1nc(C)c(S(=O)(=O)Nc2ccc(Oc3cc(-n4nc(C)cc4C)ncn3)cc2)c1C. The number of aromatic nitrogens is 6. The van der Waals surface area contributed by atoms with Crippen LogP contribution in [0.25, 0.3) is 5.82 Å². The molecule has 0 fully saturated rings. The summed E-state index contributed by atoms with van der Waals surface area (Å²) in [7, 11) is -3.78. The Hall–Kier alpha value is -3.73. The van der Waals surface area contributed by atoms with Crippen LogP contribution in [0.3, 0.4) is 0 Å². The van der Waals surface area contributed by atoms with E-state index in [-0.39, 0.29) is 4.90 Å². The Balaban J connectivity index is 1.51. The minimum atomic E-state index is -3.78. The van der Waals surface area contributed by atoms with Crippen LogP contribution in [-0.4, -0.2) is 37.9 Å². The molecular formula is C22H25N7O3S. The average molecular weight is 468 g/mol. The predicted octanol–water partition coefficient (Wildman–Crippen LogP) is 3.71. The van der Waals surface area contributed by atoms with Gasteiger partial charge in [0, 0.05) is 24.0 Å². The van der Waals surface area contributed by atoms with Gasteiger partial charge in [0.15, 0.2) is 5.82 Å². The largest absolute Gasteiger partial charge is 0.439 e. The average Bonchev–Trinajstić information content (AvgIpc) is 3.26. The van der Waals surface area contributed by atoms with Crippen LogP contribution in [0.1, 0.15) is 29.7 Å². The van der Waals surface area contributed by atoms with Crippen molar-refractivity contribution < 1.29 is 13.2 Å². The highest BCUT2D eigenvalue weighted by molar-refractivity contribution is 7.92. The minimum absolute atomic E-state index is 0.197. The lowest BCUT2D eigenvalue weighted by molar-refractivity contribution is 0.460. The fraction of sp³-hybridized carbons (Fsp3) is 0.273. The summed E-state index contributed by atoms with van der Waals surface area (Å²) < 4.78 is 37.7. The Bertz CT molecular complexity index is 1410. The molecule has 11 heteroatoms. The molecule has 172 valence electrons. The number of rotatable bonds is 7. The Morgan fingerprint density at radius 1 is 1.00 bits per heavy atom. The summed E-state index contributed by atoms with van der Waals surface area (Å²) in [4.78, 5) is 8.61. The number of benzene rings is 1. The first-order valence-electron chi connectivity index (χ1n) is 10.4. The standard InChI is InChI=1S/C22H25N7O3S/c1-6-28-17(5)22(16(4)26-28)33(30,31)27-18-7-9-19(10-8-18)32-21-12-20(23-13-24-21)29-15(3)11-14(2)25-29/h7-13,27H,6H2,1-5H3. The first kappa shape index (κ1) is 22.5. The molecule has 3 heterocycles. The molecule has 3 aromatic heterocycles. The zero-order valence-electron chi connectivity index (χ0n) is 19.1. The normalized spacial score (nSPS) is 11.5. The van der Waals surface area contributed by atoms with E-state index in [9.17, 15) is 8.42 Å². The van der Waals surface area contributed by atoms with Gasteiger partial charge in [-0.1, -0.05) is 0 Å². The second-order valence-corrected chi connectivity index (χ2v) is 9.22. The summed E-state index contributed by atoms with van der Waals surface area (Å²) in [5.41, 5.74) is 3.31. The highest BCUT2D eigenvalue weighted by Gasteiger charge is 2.24. The van der Waals surface area contributed by atoms with Gasteiger partial charge in [-0.15, -0.1) is 0 Å². The molecule has 0 radical (unpaired) electrons. The molecule has 0 amide bonds. The lowest BCUT2D eigenvalue weighted by Gasteiger charge is -2.10. The summed E-state index contributed by atoms with van der Waals surface area (Å²) in [6.45, 7) is 9.80. The Labute approximate surface area is 192 Å². The molecule has 0 saturated heterocycles. The van der Waals surface area contributed by atoms with Crippen molar-refractivity contribution in [2.24, 2.45) is 0 Å². The van der Waals surface area contributed by atoms with E-state index in [1.165, 1.54) is 6.33 Å². The van der Waals surface area contributed by atoms with Crippen LogP contribution in [0.2, 0.25) is 0 Å². The number of sulfonamides is 1. The monoisotopic (exact) mass is 467 g/mol. The molecule has 4 rings (SSSR count). The quantitative estimate of drug-likeness (QED) is 0.440. The van der Waals surface area contributed by atoms with Gasteiger partial charge >= 0.3 is 0 Å². The van der Waals surface area contributed by atoms with Gasteiger partial charge in [-0.25, -0.2) is 23.1 Å². The highest BCUT2D eigenvalue weighted by Crippen LogP contribution is 2.26. The minimum Gasteiger partial charge on any atom is -0.439 e. The smallest absolute Gasteiger partial charge is 0.265 e. The van der Waals surface area contributed by atoms with Gasteiger partial charge in [0.2, 0.25) is 5.88 Å². The number of hydrogen-bond acceptors (Lipinski definition) is 7. The van der Waals surface area contributed by atoms with Crippen LogP contribution in [0.4, 0.5) is 5.69 Å². The first-order chi connectivity index (χ1) is 15.7. The van der Waals surface area contributed by atoms with Gasteiger partial charge in [0.25, 0.3) is 10.0 Å². The number of hydrogen-bond donors (Lipinski definition) is 1. The van der Waals surface area contributed by atoms with E-state index in [1.54, 1.807) is 53.5 Å².